The summed E-state index contributed by atoms with van der Waals surface area (Å²) in [5, 5.41) is 3.69. The van der Waals surface area contributed by atoms with Crippen LogP contribution in [0.1, 0.15) is 18.9 Å². The highest BCUT2D eigenvalue weighted by Gasteiger charge is 2.36. The van der Waals surface area contributed by atoms with E-state index >= 15 is 0 Å². The average molecular weight is 307 g/mol. The van der Waals surface area contributed by atoms with Gasteiger partial charge in [0.1, 0.15) is 11.4 Å². The number of anilines is 1. The molecule has 2 aromatic rings. The maximum atomic E-state index is 13.1. The van der Waals surface area contributed by atoms with Crippen LogP contribution in [0.25, 0.3) is 0 Å². The number of benzene rings is 2. The van der Waals surface area contributed by atoms with E-state index in [9.17, 15) is 9.18 Å². The van der Waals surface area contributed by atoms with E-state index < -0.39 is 11.4 Å². The lowest BCUT2D eigenvalue weighted by Crippen LogP contribution is -2.47. The Hall–Kier alpha value is -2.07. The average Bonchev–Trinajstić information content (AvgIpc) is 2.45. The molecule has 0 aromatic heterocycles. The van der Waals surface area contributed by atoms with Gasteiger partial charge in [-0.3, -0.25) is 4.79 Å². The van der Waals surface area contributed by atoms with E-state index in [1.165, 1.54) is 12.1 Å². The van der Waals surface area contributed by atoms with Crippen LogP contribution in [0.4, 0.5) is 10.1 Å². The fourth-order valence-corrected chi connectivity index (χ4v) is 2.48. The molecule has 0 aliphatic rings. The molecule has 21 heavy (non-hydrogen) atoms. The minimum Gasteiger partial charge on any atom is -0.368 e. The zero-order valence-electron chi connectivity index (χ0n) is 11.6. The van der Waals surface area contributed by atoms with Crippen LogP contribution in [-0.4, -0.2) is 5.91 Å². The first-order chi connectivity index (χ1) is 9.98. The van der Waals surface area contributed by atoms with Gasteiger partial charge in [-0.1, -0.05) is 36.7 Å². The molecule has 0 radical (unpaired) electrons. The summed E-state index contributed by atoms with van der Waals surface area (Å²) in [6.45, 7) is 1.84. The Morgan fingerprint density at radius 1 is 1.29 bits per heavy atom. The summed E-state index contributed by atoms with van der Waals surface area (Å²) in [5.41, 5.74) is 5.78. The minimum atomic E-state index is -1.11. The third kappa shape index (κ3) is 3.16. The molecule has 2 rings (SSSR count). The normalized spacial score (nSPS) is 13.5. The summed E-state index contributed by atoms with van der Waals surface area (Å²) in [6, 6.07) is 12.7. The predicted octanol–water partition coefficient (Wildman–Crippen LogP) is 3.68. The van der Waals surface area contributed by atoms with Gasteiger partial charge in [0.2, 0.25) is 5.91 Å². The molecule has 0 fully saturated rings. The Labute approximate surface area is 127 Å². The molecule has 3 N–H and O–H groups in total. The summed E-state index contributed by atoms with van der Waals surface area (Å²) in [7, 11) is 0. The van der Waals surface area contributed by atoms with Gasteiger partial charge in [0, 0.05) is 10.7 Å². The first-order valence-electron chi connectivity index (χ1n) is 6.57. The van der Waals surface area contributed by atoms with Gasteiger partial charge in [-0.25, -0.2) is 4.39 Å². The van der Waals surface area contributed by atoms with Crippen molar-refractivity contribution in [3.05, 3.63) is 64.9 Å². The number of hydrogen-bond donors (Lipinski definition) is 2. The van der Waals surface area contributed by atoms with Crippen molar-refractivity contribution in [3.63, 3.8) is 0 Å². The van der Waals surface area contributed by atoms with Gasteiger partial charge in [-0.05, 0) is 42.3 Å². The van der Waals surface area contributed by atoms with Crippen molar-refractivity contribution in [2.45, 2.75) is 18.9 Å². The standard InChI is InChI=1S/C16H16ClFN2O/c1-2-16(15(19)21,11-6-8-13(18)9-7-11)20-14-5-3-4-12(17)10-14/h3-10,20H,2H2,1H3,(H2,19,21). The Morgan fingerprint density at radius 3 is 2.48 bits per heavy atom. The number of carbonyl (C=O) groups excluding carboxylic acids is 1. The number of nitrogens with two attached hydrogens (primary N) is 1. The summed E-state index contributed by atoms with van der Waals surface area (Å²) < 4.78 is 13.1. The van der Waals surface area contributed by atoms with Crippen LogP contribution in [0.3, 0.4) is 0 Å². The lowest BCUT2D eigenvalue weighted by molar-refractivity contribution is -0.122. The van der Waals surface area contributed by atoms with Crippen LogP contribution in [0.5, 0.6) is 0 Å². The fourth-order valence-electron chi connectivity index (χ4n) is 2.29. The van der Waals surface area contributed by atoms with Gasteiger partial charge < -0.3 is 11.1 Å². The molecule has 0 spiro atoms. The van der Waals surface area contributed by atoms with E-state index in [0.717, 1.165) is 0 Å². The van der Waals surface area contributed by atoms with Crippen molar-refractivity contribution >= 4 is 23.2 Å². The second-order valence-electron chi connectivity index (χ2n) is 4.77. The van der Waals surface area contributed by atoms with Crippen LogP contribution in [-0.2, 0) is 10.3 Å². The summed E-state index contributed by atoms with van der Waals surface area (Å²) in [4.78, 5) is 12.1. The highest BCUT2D eigenvalue weighted by Crippen LogP contribution is 2.30. The van der Waals surface area contributed by atoms with Crippen molar-refractivity contribution < 1.29 is 9.18 Å². The van der Waals surface area contributed by atoms with Gasteiger partial charge in [-0.15, -0.1) is 0 Å². The molecule has 1 unspecified atom stereocenters. The minimum absolute atomic E-state index is 0.365. The molecule has 1 atom stereocenters. The van der Waals surface area contributed by atoms with E-state index in [0.29, 0.717) is 22.7 Å². The first kappa shape index (κ1) is 15.3. The molecular weight excluding hydrogens is 291 g/mol. The van der Waals surface area contributed by atoms with Gasteiger partial charge in [-0.2, -0.15) is 0 Å². The summed E-state index contributed by atoms with van der Waals surface area (Å²) in [6.07, 6.45) is 0.417. The van der Waals surface area contributed by atoms with E-state index in [4.69, 9.17) is 17.3 Å². The number of primary amides is 1. The number of nitrogens with one attached hydrogen (secondary N) is 1. The zero-order valence-corrected chi connectivity index (χ0v) is 12.3. The van der Waals surface area contributed by atoms with Gasteiger partial charge in [0.15, 0.2) is 0 Å². The molecule has 5 heteroatoms. The van der Waals surface area contributed by atoms with Crippen molar-refractivity contribution in [2.24, 2.45) is 5.73 Å². The highest BCUT2D eigenvalue weighted by atomic mass is 35.5. The number of hydrogen-bond acceptors (Lipinski definition) is 2. The second-order valence-corrected chi connectivity index (χ2v) is 5.20. The lowest BCUT2D eigenvalue weighted by atomic mass is 9.86. The molecule has 3 nitrogen and oxygen atoms in total. The third-order valence-corrected chi connectivity index (χ3v) is 3.71. The predicted molar refractivity (Wildman–Crippen MR) is 82.6 cm³/mol. The molecule has 0 aliphatic heterocycles. The van der Waals surface area contributed by atoms with Gasteiger partial charge >= 0.3 is 0 Å². The largest absolute Gasteiger partial charge is 0.368 e. The Balaban J connectivity index is 2.46. The smallest absolute Gasteiger partial charge is 0.247 e. The molecule has 0 saturated heterocycles. The molecule has 2 aromatic carbocycles. The van der Waals surface area contributed by atoms with Crippen molar-refractivity contribution in [1.29, 1.82) is 0 Å². The number of carbonyl (C=O) groups is 1. The molecule has 0 heterocycles. The zero-order chi connectivity index (χ0) is 15.5. The topological polar surface area (TPSA) is 55.1 Å². The van der Waals surface area contributed by atoms with Crippen LogP contribution in [0, 0.1) is 5.82 Å². The van der Waals surface area contributed by atoms with E-state index in [1.807, 2.05) is 6.92 Å². The number of halogens is 2. The van der Waals surface area contributed by atoms with Gasteiger partial charge in [0.05, 0.1) is 0 Å². The van der Waals surface area contributed by atoms with E-state index in [1.54, 1.807) is 36.4 Å². The first-order valence-corrected chi connectivity index (χ1v) is 6.95. The Morgan fingerprint density at radius 2 is 1.95 bits per heavy atom. The molecular formula is C16H16ClFN2O. The Kier molecular flexibility index (Phi) is 4.48. The molecule has 0 aliphatic carbocycles. The summed E-state index contributed by atoms with van der Waals surface area (Å²) in [5.74, 6) is -0.896. The molecule has 1 amide bonds. The lowest BCUT2D eigenvalue weighted by Gasteiger charge is -2.32. The van der Waals surface area contributed by atoms with Crippen molar-refractivity contribution in [2.75, 3.05) is 5.32 Å². The molecule has 0 bridgehead atoms. The number of rotatable bonds is 5. The van der Waals surface area contributed by atoms with Crippen molar-refractivity contribution in [3.8, 4) is 0 Å². The van der Waals surface area contributed by atoms with Crippen LogP contribution >= 0.6 is 11.6 Å². The molecule has 0 saturated carbocycles. The van der Waals surface area contributed by atoms with E-state index in [-0.39, 0.29) is 5.82 Å². The second kappa shape index (κ2) is 6.14. The third-order valence-electron chi connectivity index (χ3n) is 3.47. The van der Waals surface area contributed by atoms with E-state index in [2.05, 4.69) is 5.32 Å². The van der Waals surface area contributed by atoms with Crippen LogP contribution in [0.15, 0.2) is 48.5 Å². The monoisotopic (exact) mass is 306 g/mol. The van der Waals surface area contributed by atoms with Crippen LogP contribution in [0.2, 0.25) is 5.02 Å². The van der Waals surface area contributed by atoms with Crippen molar-refractivity contribution in [1.82, 2.24) is 0 Å². The Bertz CT molecular complexity index is 645. The number of amides is 1. The fraction of sp³-hybridized carbons (Fsp3) is 0.188. The SMILES string of the molecule is CCC(Nc1cccc(Cl)c1)(C(N)=O)c1ccc(F)cc1. The summed E-state index contributed by atoms with van der Waals surface area (Å²) >= 11 is 5.96. The van der Waals surface area contributed by atoms with Gasteiger partial charge in [0.25, 0.3) is 0 Å². The highest BCUT2D eigenvalue weighted by molar-refractivity contribution is 6.30. The maximum absolute atomic E-state index is 13.1. The molecule has 110 valence electrons. The van der Waals surface area contributed by atoms with Crippen LogP contribution < -0.4 is 11.1 Å². The quantitative estimate of drug-likeness (QED) is 0.885. The maximum Gasteiger partial charge on any atom is 0.247 e.